The number of para-hydroxylation sites is 1. The molecule has 0 fully saturated rings. The Morgan fingerprint density at radius 3 is 2.57 bits per heavy atom. The summed E-state index contributed by atoms with van der Waals surface area (Å²) < 4.78 is 2.88. The van der Waals surface area contributed by atoms with Crippen molar-refractivity contribution >= 4 is 50.1 Å². The molecular formula is C20H17BrN6OS2. The predicted octanol–water partition coefficient (Wildman–Crippen LogP) is 4.84. The molecular weight excluding hydrogens is 484 g/mol. The minimum atomic E-state index is -0.163. The van der Waals surface area contributed by atoms with Crippen LogP contribution in [-0.2, 0) is 11.2 Å². The van der Waals surface area contributed by atoms with Gasteiger partial charge in [0.2, 0.25) is 11.0 Å². The summed E-state index contributed by atoms with van der Waals surface area (Å²) in [6.07, 6.45) is 0.792. The topological polar surface area (TPSA) is 85.6 Å². The minimum absolute atomic E-state index is 0.163. The van der Waals surface area contributed by atoms with Crippen molar-refractivity contribution in [3.63, 3.8) is 0 Å². The third-order valence-electron chi connectivity index (χ3n) is 4.11. The maximum Gasteiger partial charge on any atom is 0.236 e. The van der Waals surface area contributed by atoms with Gasteiger partial charge in [-0.2, -0.15) is 0 Å². The molecule has 2 aromatic carbocycles. The van der Waals surface area contributed by atoms with Crippen molar-refractivity contribution in [1.82, 2.24) is 25.0 Å². The van der Waals surface area contributed by atoms with Crippen LogP contribution in [-0.4, -0.2) is 36.6 Å². The Labute approximate surface area is 190 Å². The lowest BCUT2D eigenvalue weighted by molar-refractivity contribution is -0.113. The number of carbonyl (C=O) groups is 1. The quantitative estimate of drug-likeness (QED) is 0.365. The van der Waals surface area contributed by atoms with E-state index in [0.717, 1.165) is 27.2 Å². The molecule has 0 bridgehead atoms. The molecule has 0 atom stereocenters. The van der Waals surface area contributed by atoms with Gasteiger partial charge in [0.25, 0.3) is 0 Å². The average Bonchev–Trinajstić information content (AvgIpc) is 3.40. The first-order valence-electron chi connectivity index (χ1n) is 9.16. The van der Waals surface area contributed by atoms with Gasteiger partial charge < -0.3 is 0 Å². The van der Waals surface area contributed by atoms with Gasteiger partial charge in [0, 0.05) is 15.7 Å². The van der Waals surface area contributed by atoms with E-state index in [0.29, 0.717) is 16.1 Å². The summed E-state index contributed by atoms with van der Waals surface area (Å²) in [7, 11) is 0. The summed E-state index contributed by atoms with van der Waals surface area (Å²) in [5.41, 5.74) is 1.85. The third kappa shape index (κ3) is 4.61. The predicted molar refractivity (Wildman–Crippen MR) is 123 cm³/mol. The van der Waals surface area contributed by atoms with Crippen molar-refractivity contribution < 1.29 is 4.79 Å². The summed E-state index contributed by atoms with van der Waals surface area (Å²) in [6, 6.07) is 17.7. The smallest absolute Gasteiger partial charge is 0.236 e. The van der Waals surface area contributed by atoms with Crippen molar-refractivity contribution in [3.8, 4) is 17.1 Å². The zero-order chi connectivity index (χ0) is 20.9. The molecule has 2 aromatic heterocycles. The number of nitrogens with one attached hydrogen (secondary N) is 1. The summed E-state index contributed by atoms with van der Waals surface area (Å²) >= 11 is 6.30. The van der Waals surface area contributed by atoms with Crippen LogP contribution in [0.1, 0.15) is 11.9 Å². The van der Waals surface area contributed by atoms with E-state index in [-0.39, 0.29) is 11.7 Å². The number of hydrogen-bond donors (Lipinski definition) is 1. The molecule has 4 rings (SSSR count). The fourth-order valence-electron chi connectivity index (χ4n) is 2.72. The summed E-state index contributed by atoms with van der Waals surface area (Å²) in [5, 5.41) is 21.6. The second kappa shape index (κ2) is 9.50. The Hall–Kier alpha value is -2.56. The maximum atomic E-state index is 12.4. The third-order valence-corrected chi connectivity index (χ3v) is 6.71. The number of benzene rings is 2. The average molecular weight is 501 g/mol. The lowest BCUT2D eigenvalue weighted by Gasteiger charge is -2.11. The molecule has 0 unspecified atom stereocenters. The second-order valence-corrected chi connectivity index (χ2v) is 9.01. The molecule has 2 heterocycles. The Balaban J connectivity index is 1.59. The molecule has 0 saturated carbocycles. The van der Waals surface area contributed by atoms with Gasteiger partial charge in [-0.1, -0.05) is 82.4 Å². The standard InChI is InChI=1S/C20H17BrN6OS2/c1-2-17-23-25-19(30-17)22-16(28)12-29-20-26-24-18(14-10-6-7-11-15(14)21)27(20)13-8-4-3-5-9-13/h3-11H,2,12H2,1H3,(H,22,25,28). The lowest BCUT2D eigenvalue weighted by Crippen LogP contribution is -2.14. The summed E-state index contributed by atoms with van der Waals surface area (Å²) in [4.78, 5) is 12.4. The molecule has 30 heavy (non-hydrogen) atoms. The first kappa shape index (κ1) is 20.7. The van der Waals surface area contributed by atoms with Gasteiger partial charge in [-0.25, -0.2) is 0 Å². The van der Waals surface area contributed by atoms with Gasteiger partial charge in [0.05, 0.1) is 5.75 Å². The van der Waals surface area contributed by atoms with Crippen LogP contribution in [0.4, 0.5) is 5.13 Å². The number of rotatable bonds is 7. The minimum Gasteiger partial charge on any atom is -0.300 e. The van der Waals surface area contributed by atoms with Gasteiger partial charge in [0.1, 0.15) is 5.01 Å². The number of thioether (sulfide) groups is 1. The van der Waals surface area contributed by atoms with Crippen LogP contribution >= 0.6 is 39.0 Å². The Morgan fingerprint density at radius 2 is 1.83 bits per heavy atom. The van der Waals surface area contributed by atoms with Gasteiger partial charge in [0.15, 0.2) is 11.0 Å². The number of carbonyl (C=O) groups excluding carboxylic acids is 1. The number of hydrogen-bond acceptors (Lipinski definition) is 7. The van der Waals surface area contributed by atoms with Gasteiger partial charge in [-0.3, -0.25) is 14.7 Å². The van der Waals surface area contributed by atoms with E-state index in [2.05, 4.69) is 41.6 Å². The fraction of sp³-hybridized carbons (Fsp3) is 0.150. The number of aromatic nitrogens is 5. The molecule has 7 nitrogen and oxygen atoms in total. The summed E-state index contributed by atoms with van der Waals surface area (Å²) in [6.45, 7) is 2.00. The molecule has 0 spiro atoms. The van der Waals surface area contributed by atoms with E-state index in [1.165, 1.54) is 23.1 Å². The zero-order valence-electron chi connectivity index (χ0n) is 15.9. The first-order valence-corrected chi connectivity index (χ1v) is 11.8. The molecule has 0 radical (unpaired) electrons. The van der Waals surface area contributed by atoms with E-state index in [1.54, 1.807) is 0 Å². The Kier molecular flexibility index (Phi) is 6.56. The van der Waals surface area contributed by atoms with Crippen molar-refractivity contribution in [2.75, 3.05) is 11.1 Å². The molecule has 152 valence electrons. The molecule has 0 saturated heterocycles. The van der Waals surface area contributed by atoms with Crippen LogP contribution < -0.4 is 5.32 Å². The van der Waals surface area contributed by atoms with Crippen molar-refractivity contribution in [2.45, 2.75) is 18.5 Å². The van der Waals surface area contributed by atoms with Gasteiger partial charge >= 0.3 is 0 Å². The lowest BCUT2D eigenvalue weighted by atomic mass is 10.2. The number of anilines is 1. The van der Waals surface area contributed by atoms with E-state index in [9.17, 15) is 4.79 Å². The molecule has 4 aromatic rings. The largest absolute Gasteiger partial charge is 0.300 e. The highest BCUT2D eigenvalue weighted by Gasteiger charge is 2.19. The first-order chi connectivity index (χ1) is 14.7. The fourth-order valence-corrected chi connectivity index (χ4v) is 4.63. The van der Waals surface area contributed by atoms with E-state index < -0.39 is 0 Å². The number of amides is 1. The van der Waals surface area contributed by atoms with Crippen LogP contribution in [0, 0.1) is 0 Å². The van der Waals surface area contributed by atoms with Gasteiger partial charge in [-0.05, 0) is 24.6 Å². The van der Waals surface area contributed by atoms with E-state index in [1.807, 2.05) is 66.1 Å². The van der Waals surface area contributed by atoms with Crippen LogP contribution in [0.2, 0.25) is 0 Å². The molecule has 0 aliphatic heterocycles. The highest BCUT2D eigenvalue weighted by molar-refractivity contribution is 9.10. The Bertz CT molecular complexity index is 1160. The van der Waals surface area contributed by atoms with Crippen molar-refractivity contribution in [3.05, 3.63) is 64.1 Å². The van der Waals surface area contributed by atoms with Crippen molar-refractivity contribution in [1.29, 1.82) is 0 Å². The summed E-state index contributed by atoms with van der Waals surface area (Å²) in [5.74, 6) is 0.722. The highest BCUT2D eigenvalue weighted by Crippen LogP contribution is 2.32. The highest BCUT2D eigenvalue weighted by atomic mass is 79.9. The monoisotopic (exact) mass is 500 g/mol. The molecule has 1 N–H and O–H groups in total. The van der Waals surface area contributed by atoms with Crippen LogP contribution in [0.3, 0.4) is 0 Å². The van der Waals surface area contributed by atoms with E-state index in [4.69, 9.17) is 0 Å². The maximum absolute atomic E-state index is 12.4. The molecule has 0 aliphatic carbocycles. The number of aryl methyl sites for hydroxylation is 1. The molecule has 1 amide bonds. The second-order valence-electron chi connectivity index (χ2n) is 6.15. The molecule has 0 aliphatic rings. The normalized spacial score (nSPS) is 10.9. The van der Waals surface area contributed by atoms with E-state index >= 15 is 0 Å². The van der Waals surface area contributed by atoms with Crippen LogP contribution in [0.25, 0.3) is 17.1 Å². The number of halogens is 1. The Morgan fingerprint density at radius 1 is 1.07 bits per heavy atom. The van der Waals surface area contributed by atoms with Gasteiger partial charge in [-0.15, -0.1) is 20.4 Å². The molecule has 10 heteroatoms. The zero-order valence-corrected chi connectivity index (χ0v) is 19.2. The van der Waals surface area contributed by atoms with Crippen LogP contribution in [0.15, 0.2) is 64.2 Å². The SMILES string of the molecule is CCc1nnc(NC(=O)CSc2nnc(-c3ccccc3Br)n2-c2ccccc2)s1. The number of nitrogens with zero attached hydrogens (tertiary/aromatic N) is 5. The van der Waals surface area contributed by atoms with Crippen LogP contribution in [0.5, 0.6) is 0 Å². The van der Waals surface area contributed by atoms with Crippen molar-refractivity contribution in [2.24, 2.45) is 0 Å².